The Morgan fingerprint density at radius 2 is 1.91 bits per heavy atom. The van der Waals surface area contributed by atoms with E-state index >= 15 is 0 Å². The van der Waals surface area contributed by atoms with Gasteiger partial charge in [-0.2, -0.15) is 0 Å². The number of ether oxygens (including phenoxy) is 1. The maximum absolute atomic E-state index is 14.6. The number of carbonyl (C=O) groups excluding carboxylic acids is 1. The molecule has 3 aromatic rings. The molecule has 0 aliphatic rings. The van der Waals surface area contributed by atoms with E-state index in [0.717, 1.165) is 3.97 Å². The number of halogens is 1. The molecule has 0 aliphatic carbocycles. The quantitative estimate of drug-likeness (QED) is 0.544. The number of benzene rings is 1. The lowest BCUT2D eigenvalue weighted by atomic mass is 10.1. The lowest BCUT2D eigenvalue weighted by Crippen LogP contribution is -2.33. The summed E-state index contributed by atoms with van der Waals surface area (Å²) in [7, 11) is -2.58. The summed E-state index contributed by atoms with van der Waals surface area (Å²) < 4.78 is 47.7. The van der Waals surface area contributed by atoms with Crippen LogP contribution in [0.25, 0.3) is 11.3 Å². The lowest BCUT2D eigenvalue weighted by Gasteiger charge is -2.24. The highest BCUT2D eigenvalue weighted by molar-refractivity contribution is 7.90. The highest BCUT2D eigenvalue weighted by Gasteiger charge is 2.25. The van der Waals surface area contributed by atoms with Gasteiger partial charge in [-0.1, -0.05) is 12.1 Å². The molecule has 2 heterocycles. The van der Waals surface area contributed by atoms with Crippen LogP contribution in [-0.2, 0) is 21.3 Å². The van der Waals surface area contributed by atoms with Crippen LogP contribution in [0, 0.1) is 5.82 Å². The number of amides is 1. The highest BCUT2D eigenvalue weighted by Crippen LogP contribution is 2.30. The van der Waals surface area contributed by atoms with Crippen molar-refractivity contribution in [2.75, 3.05) is 7.05 Å². The SMILES string of the molecule is CN(Cc1cc(-c2ccccc2F)n(S(=O)(=O)c2cncc(S)c2)c1)C(=O)OC(C)(C)C. The summed E-state index contributed by atoms with van der Waals surface area (Å²) in [4.78, 5) is 17.8. The van der Waals surface area contributed by atoms with E-state index in [2.05, 4.69) is 17.6 Å². The van der Waals surface area contributed by atoms with E-state index < -0.39 is 27.5 Å². The molecule has 0 bridgehead atoms. The van der Waals surface area contributed by atoms with Crippen LogP contribution in [0.15, 0.2) is 64.8 Å². The van der Waals surface area contributed by atoms with E-state index in [4.69, 9.17) is 4.74 Å². The van der Waals surface area contributed by atoms with Crippen LogP contribution in [0.1, 0.15) is 26.3 Å². The highest BCUT2D eigenvalue weighted by atomic mass is 32.2. The van der Waals surface area contributed by atoms with Crippen LogP contribution in [-0.4, -0.2) is 41.0 Å². The summed E-state index contributed by atoms with van der Waals surface area (Å²) in [5, 5.41) is 0. The Labute approximate surface area is 192 Å². The molecule has 0 spiro atoms. The van der Waals surface area contributed by atoms with Gasteiger partial charge in [0, 0.05) is 36.1 Å². The van der Waals surface area contributed by atoms with Gasteiger partial charge >= 0.3 is 6.09 Å². The fourth-order valence-electron chi connectivity index (χ4n) is 2.99. The third-order valence-corrected chi connectivity index (χ3v) is 6.26. The number of hydrogen-bond acceptors (Lipinski definition) is 6. The zero-order valence-corrected chi connectivity index (χ0v) is 19.8. The molecule has 1 aromatic carbocycles. The van der Waals surface area contributed by atoms with Crippen LogP contribution in [0.4, 0.5) is 9.18 Å². The number of hydrogen-bond donors (Lipinski definition) is 1. The maximum atomic E-state index is 14.6. The van der Waals surface area contributed by atoms with Gasteiger partial charge in [0.05, 0.1) is 12.2 Å². The average Bonchev–Trinajstić information content (AvgIpc) is 3.11. The molecule has 32 heavy (non-hydrogen) atoms. The molecule has 2 aromatic heterocycles. The fourth-order valence-corrected chi connectivity index (χ4v) is 4.66. The number of thiol groups is 1. The Morgan fingerprint density at radius 1 is 1.22 bits per heavy atom. The van der Waals surface area contributed by atoms with Crippen LogP contribution in [0.2, 0.25) is 0 Å². The first kappa shape index (κ1) is 23.8. The van der Waals surface area contributed by atoms with E-state index in [1.54, 1.807) is 26.8 Å². The zero-order valence-electron chi connectivity index (χ0n) is 18.1. The first-order chi connectivity index (χ1) is 14.9. The van der Waals surface area contributed by atoms with Gasteiger partial charge in [-0.25, -0.2) is 21.6 Å². The van der Waals surface area contributed by atoms with Crippen LogP contribution in [0.5, 0.6) is 0 Å². The summed E-state index contributed by atoms with van der Waals surface area (Å²) in [5.41, 5.74) is 0.0387. The number of rotatable bonds is 5. The molecular formula is C22H24FN3O4S2. The maximum Gasteiger partial charge on any atom is 0.410 e. The van der Waals surface area contributed by atoms with Crippen molar-refractivity contribution in [2.45, 2.75) is 42.7 Å². The van der Waals surface area contributed by atoms with Gasteiger partial charge in [0.2, 0.25) is 0 Å². The van der Waals surface area contributed by atoms with Crippen molar-refractivity contribution in [3.05, 3.63) is 66.4 Å². The van der Waals surface area contributed by atoms with E-state index in [0.29, 0.717) is 10.5 Å². The smallest absolute Gasteiger partial charge is 0.410 e. The van der Waals surface area contributed by atoms with Crippen molar-refractivity contribution >= 4 is 28.7 Å². The molecule has 7 nitrogen and oxygen atoms in total. The lowest BCUT2D eigenvalue weighted by molar-refractivity contribution is 0.0285. The monoisotopic (exact) mass is 477 g/mol. The van der Waals surface area contributed by atoms with Crippen LogP contribution < -0.4 is 0 Å². The summed E-state index contributed by atoms with van der Waals surface area (Å²) >= 11 is 4.16. The minimum Gasteiger partial charge on any atom is -0.444 e. The summed E-state index contributed by atoms with van der Waals surface area (Å²) in [6.45, 7) is 5.31. The van der Waals surface area contributed by atoms with Crippen molar-refractivity contribution in [3.63, 3.8) is 0 Å². The third-order valence-electron chi connectivity index (χ3n) is 4.37. The van der Waals surface area contributed by atoms with E-state index in [1.165, 1.54) is 60.9 Å². The predicted octanol–water partition coefficient (Wildman–Crippen LogP) is 4.58. The van der Waals surface area contributed by atoms with Crippen LogP contribution >= 0.6 is 12.6 Å². The number of aromatic nitrogens is 2. The second kappa shape index (κ2) is 8.95. The molecule has 0 aliphatic heterocycles. The molecule has 0 N–H and O–H groups in total. The van der Waals surface area contributed by atoms with Crippen molar-refractivity contribution in [1.29, 1.82) is 0 Å². The van der Waals surface area contributed by atoms with Gasteiger partial charge in [-0.15, -0.1) is 12.6 Å². The summed E-state index contributed by atoms with van der Waals surface area (Å²) in [6.07, 6.45) is 3.42. The van der Waals surface area contributed by atoms with Crippen molar-refractivity contribution in [3.8, 4) is 11.3 Å². The second-order valence-corrected chi connectivity index (χ2v) is 10.6. The minimum atomic E-state index is -4.12. The van der Waals surface area contributed by atoms with E-state index in [9.17, 15) is 17.6 Å². The van der Waals surface area contributed by atoms with E-state index in [-0.39, 0.29) is 22.7 Å². The number of carbonyl (C=O) groups is 1. The molecule has 0 unspecified atom stereocenters. The average molecular weight is 478 g/mol. The fraction of sp³-hybridized carbons (Fsp3) is 0.273. The Kier molecular flexibility index (Phi) is 6.66. The molecule has 1 amide bonds. The standard InChI is InChI=1S/C22H24FN3O4S2/c1-22(2,3)30-21(27)25(4)13-15-9-20(18-7-5-6-8-19(18)23)26(14-15)32(28,29)17-10-16(31)11-24-12-17/h5-12,14,31H,13H2,1-4H3. The minimum absolute atomic E-state index is 0.0593. The van der Waals surface area contributed by atoms with Crippen molar-refractivity contribution in [2.24, 2.45) is 0 Å². The molecule has 10 heteroatoms. The van der Waals surface area contributed by atoms with Crippen LogP contribution in [0.3, 0.4) is 0 Å². The Hall–Kier alpha value is -2.85. The van der Waals surface area contributed by atoms with Gasteiger partial charge in [-0.05, 0) is 50.6 Å². The van der Waals surface area contributed by atoms with Gasteiger partial charge in [0.1, 0.15) is 16.3 Å². The molecule has 0 saturated carbocycles. The van der Waals surface area contributed by atoms with Gasteiger partial charge in [0.15, 0.2) is 0 Å². The van der Waals surface area contributed by atoms with Gasteiger partial charge in [0.25, 0.3) is 10.0 Å². The van der Waals surface area contributed by atoms with Crippen molar-refractivity contribution in [1.82, 2.24) is 13.9 Å². The molecule has 0 saturated heterocycles. The predicted molar refractivity (Wildman–Crippen MR) is 122 cm³/mol. The zero-order chi connectivity index (χ0) is 23.7. The first-order valence-electron chi connectivity index (χ1n) is 9.68. The molecule has 3 rings (SSSR count). The normalized spacial score (nSPS) is 11.9. The summed E-state index contributed by atoms with van der Waals surface area (Å²) in [5.74, 6) is -0.574. The molecular weight excluding hydrogens is 453 g/mol. The van der Waals surface area contributed by atoms with Gasteiger partial charge < -0.3 is 9.64 Å². The second-order valence-electron chi connectivity index (χ2n) is 8.23. The van der Waals surface area contributed by atoms with E-state index in [1.807, 2.05) is 0 Å². The molecule has 0 radical (unpaired) electrons. The molecule has 170 valence electrons. The first-order valence-corrected chi connectivity index (χ1v) is 11.6. The topological polar surface area (TPSA) is 81.5 Å². The Bertz CT molecular complexity index is 1250. The molecule has 0 fully saturated rings. The van der Waals surface area contributed by atoms with Gasteiger partial charge in [-0.3, -0.25) is 4.98 Å². The molecule has 0 atom stereocenters. The third kappa shape index (κ3) is 5.31. The Morgan fingerprint density at radius 3 is 2.53 bits per heavy atom. The number of nitrogens with zero attached hydrogens (tertiary/aromatic N) is 3. The van der Waals surface area contributed by atoms with Crippen molar-refractivity contribution < 1.29 is 22.3 Å². The Balaban J connectivity index is 2.07. The number of pyridine rings is 1. The largest absolute Gasteiger partial charge is 0.444 e. The summed E-state index contributed by atoms with van der Waals surface area (Å²) in [6, 6.07) is 8.78.